The van der Waals surface area contributed by atoms with Gasteiger partial charge in [0, 0.05) is 4.90 Å². The summed E-state index contributed by atoms with van der Waals surface area (Å²) in [5.41, 5.74) is 6.95. The van der Waals surface area contributed by atoms with E-state index in [1.54, 1.807) is 0 Å². The third kappa shape index (κ3) is 2.49. The molecule has 1 aromatic rings. The van der Waals surface area contributed by atoms with Crippen LogP contribution in [0, 0.1) is 0 Å². The van der Waals surface area contributed by atoms with Gasteiger partial charge in [-0.25, -0.2) is 9.69 Å². The summed E-state index contributed by atoms with van der Waals surface area (Å²) in [5, 5.41) is 3.06. The SMILES string of the molecule is CNCCc1ccc2c(c1)N(C(N)=O)C(=O)CS2. The van der Waals surface area contributed by atoms with Gasteiger partial charge in [0.1, 0.15) is 0 Å². The monoisotopic (exact) mass is 265 g/mol. The zero-order valence-electron chi connectivity index (χ0n) is 10.1. The van der Waals surface area contributed by atoms with Gasteiger partial charge in [-0.05, 0) is 37.7 Å². The van der Waals surface area contributed by atoms with E-state index in [0.29, 0.717) is 5.69 Å². The normalized spacial score (nSPS) is 14.5. The van der Waals surface area contributed by atoms with E-state index in [4.69, 9.17) is 5.73 Å². The van der Waals surface area contributed by atoms with Gasteiger partial charge in [-0.2, -0.15) is 0 Å². The number of urea groups is 1. The lowest BCUT2D eigenvalue weighted by Gasteiger charge is -2.26. The zero-order valence-corrected chi connectivity index (χ0v) is 10.9. The van der Waals surface area contributed by atoms with Crippen LogP contribution in [0.3, 0.4) is 0 Å². The van der Waals surface area contributed by atoms with Crippen LogP contribution < -0.4 is 16.0 Å². The lowest BCUT2D eigenvalue weighted by atomic mass is 10.1. The highest BCUT2D eigenvalue weighted by molar-refractivity contribution is 8.00. The Kier molecular flexibility index (Phi) is 3.88. The van der Waals surface area contributed by atoms with Crippen LogP contribution in [-0.4, -0.2) is 31.3 Å². The number of nitrogens with zero attached hydrogens (tertiary/aromatic N) is 1. The molecule has 5 nitrogen and oxygen atoms in total. The maximum absolute atomic E-state index is 11.7. The minimum absolute atomic E-state index is 0.256. The second-order valence-electron chi connectivity index (χ2n) is 4.01. The van der Waals surface area contributed by atoms with E-state index < -0.39 is 6.03 Å². The number of anilines is 1. The van der Waals surface area contributed by atoms with Crippen LogP contribution >= 0.6 is 11.8 Å². The number of likely N-dealkylation sites (N-methyl/N-ethyl adjacent to an activating group) is 1. The molecule has 0 bridgehead atoms. The molecule has 2 rings (SSSR count). The lowest BCUT2D eigenvalue weighted by Crippen LogP contribution is -2.43. The molecule has 1 aliphatic rings. The smallest absolute Gasteiger partial charge is 0.326 e. The molecule has 96 valence electrons. The topological polar surface area (TPSA) is 75.4 Å². The molecule has 0 radical (unpaired) electrons. The van der Waals surface area contributed by atoms with Crippen molar-refractivity contribution in [3.8, 4) is 0 Å². The molecular weight excluding hydrogens is 250 g/mol. The summed E-state index contributed by atoms with van der Waals surface area (Å²) < 4.78 is 0. The largest absolute Gasteiger partial charge is 0.351 e. The summed E-state index contributed by atoms with van der Waals surface area (Å²) in [6.07, 6.45) is 0.842. The number of imide groups is 1. The van der Waals surface area contributed by atoms with Gasteiger partial charge in [0.15, 0.2) is 0 Å². The van der Waals surface area contributed by atoms with Crippen LogP contribution in [0.1, 0.15) is 5.56 Å². The number of nitrogens with two attached hydrogens (primary N) is 1. The third-order valence-electron chi connectivity index (χ3n) is 2.75. The van der Waals surface area contributed by atoms with E-state index in [0.717, 1.165) is 28.3 Å². The molecule has 0 spiro atoms. The molecule has 0 unspecified atom stereocenters. The number of primary amides is 1. The predicted molar refractivity (Wildman–Crippen MR) is 71.9 cm³/mol. The Morgan fingerprint density at radius 3 is 3.00 bits per heavy atom. The van der Waals surface area contributed by atoms with Gasteiger partial charge in [0.25, 0.3) is 0 Å². The Morgan fingerprint density at radius 1 is 1.56 bits per heavy atom. The molecule has 0 aromatic heterocycles. The minimum atomic E-state index is -0.715. The van der Waals surface area contributed by atoms with Gasteiger partial charge < -0.3 is 11.1 Å². The first-order valence-electron chi connectivity index (χ1n) is 5.66. The first-order chi connectivity index (χ1) is 8.63. The molecule has 0 saturated heterocycles. The van der Waals surface area contributed by atoms with E-state index >= 15 is 0 Å². The minimum Gasteiger partial charge on any atom is -0.351 e. The van der Waals surface area contributed by atoms with Crippen molar-refractivity contribution in [2.75, 3.05) is 24.2 Å². The number of rotatable bonds is 3. The van der Waals surface area contributed by atoms with E-state index in [-0.39, 0.29) is 11.7 Å². The summed E-state index contributed by atoms with van der Waals surface area (Å²) in [5.74, 6) is -0.00279. The van der Waals surface area contributed by atoms with Crippen molar-refractivity contribution in [2.24, 2.45) is 5.73 Å². The second kappa shape index (κ2) is 5.41. The summed E-state index contributed by atoms with van der Waals surface area (Å²) in [6.45, 7) is 0.844. The first kappa shape index (κ1) is 12.9. The fourth-order valence-corrected chi connectivity index (χ4v) is 2.74. The van der Waals surface area contributed by atoms with Crippen molar-refractivity contribution in [1.29, 1.82) is 0 Å². The lowest BCUT2D eigenvalue weighted by molar-refractivity contribution is -0.115. The molecule has 1 heterocycles. The Labute approximate surface area is 110 Å². The summed E-state index contributed by atoms with van der Waals surface area (Å²) in [6, 6.07) is 5.10. The number of hydrogen-bond donors (Lipinski definition) is 2. The quantitative estimate of drug-likeness (QED) is 0.853. The molecule has 18 heavy (non-hydrogen) atoms. The van der Waals surface area contributed by atoms with Crippen molar-refractivity contribution in [1.82, 2.24) is 5.32 Å². The Balaban J connectivity index is 2.35. The van der Waals surface area contributed by atoms with Crippen LogP contribution in [0.25, 0.3) is 0 Å². The molecule has 0 fully saturated rings. The van der Waals surface area contributed by atoms with Gasteiger partial charge in [0.2, 0.25) is 5.91 Å². The Morgan fingerprint density at radius 2 is 2.33 bits per heavy atom. The summed E-state index contributed by atoms with van der Waals surface area (Å²) in [7, 11) is 1.88. The molecule has 0 atom stereocenters. The predicted octanol–water partition coefficient (Wildman–Crippen LogP) is 0.966. The molecule has 0 aliphatic carbocycles. The number of carbonyl (C=O) groups is 2. The third-order valence-corrected chi connectivity index (χ3v) is 3.80. The number of benzene rings is 1. The average Bonchev–Trinajstić information content (AvgIpc) is 2.35. The Hall–Kier alpha value is -1.53. The Bertz CT molecular complexity index is 490. The van der Waals surface area contributed by atoms with Crippen molar-refractivity contribution in [2.45, 2.75) is 11.3 Å². The molecule has 0 saturated carbocycles. The highest BCUT2D eigenvalue weighted by Crippen LogP contribution is 2.35. The van der Waals surface area contributed by atoms with Crippen molar-refractivity contribution < 1.29 is 9.59 Å². The molecule has 3 N–H and O–H groups in total. The van der Waals surface area contributed by atoms with Crippen molar-refractivity contribution in [3.05, 3.63) is 23.8 Å². The number of carbonyl (C=O) groups excluding carboxylic acids is 2. The molecule has 1 aromatic carbocycles. The van der Waals surface area contributed by atoms with Crippen LogP contribution in [-0.2, 0) is 11.2 Å². The van der Waals surface area contributed by atoms with Gasteiger partial charge in [0.05, 0.1) is 11.4 Å². The highest BCUT2D eigenvalue weighted by atomic mass is 32.2. The maximum Gasteiger partial charge on any atom is 0.326 e. The van der Waals surface area contributed by atoms with Crippen molar-refractivity contribution >= 4 is 29.4 Å². The van der Waals surface area contributed by atoms with Crippen LogP contribution in [0.2, 0.25) is 0 Å². The number of thioether (sulfide) groups is 1. The van der Waals surface area contributed by atoms with Crippen LogP contribution in [0.15, 0.2) is 23.1 Å². The highest BCUT2D eigenvalue weighted by Gasteiger charge is 2.28. The maximum atomic E-state index is 11.7. The van der Waals surface area contributed by atoms with E-state index in [1.165, 1.54) is 11.8 Å². The fourth-order valence-electron chi connectivity index (χ4n) is 1.86. The molecule has 6 heteroatoms. The summed E-state index contributed by atoms with van der Waals surface area (Å²) >= 11 is 1.44. The summed E-state index contributed by atoms with van der Waals surface area (Å²) in [4.78, 5) is 25.1. The molecule has 1 aliphatic heterocycles. The number of amides is 3. The number of hydrogen-bond acceptors (Lipinski definition) is 4. The fraction of sp³-hybridized carbons (Fsp3) is 0.333. The number of nitrogens with one attached hydrogen (secondary N) is 1. The van der Waals surface area contributed by atoms with Gasteiger partial charge >= 0.3 is 6.03 Å². The number of fused-ring (bicyclic) bond motifs is 1. The van der Waals surface area contributed by atoms with E-state index in [2.05, 4.69) is 5.32 Å². The second-order valence-corrected chi connectivity index (χ2v) is 5.03. The van der Waals surface area contributed by atoms with Gasteiger partial charge in [-0.3, -0.25) is 4.79 Å². The molecular formula is C12H15N3O2S. The standard InChI is InChI=1S/C12H15N3O2S/c1-14-5-4-8-2-3-10-9(6-8)15(12(13)17)11(16)7-18-10/h2-3,6,14H,4-5,7H2,1H3,(H2,13,17). The van der Waals surface area contributed by atoms with Crippen molar-refractivity contribution in [3.63, 3.8) is 0 Å². The first-order valence-corrected chi connectivity index (χ1v) is 6.64. The molecule has 3 amide bonds. The van der Waals surface area contributed by atoms with Crippen LogP contribution in [0.5, 0.6) is 0 Å². The zero-order chi connectivity index (χ0) is 13.1. The van der Waals surface area contributed by atoms with Crippen LogP contribution in [0.4, 0.5) is 10.5 Å². The van der Waals surface area contributed by atoms with Gasteiger partial charge in [-0.1, -0.05) is 6.07 Å². The van der Waals surface area contributed by atoms with E-state index in [9.17, 15) is 9.59 Å². The van der Waals surface area contributed by atoms with Gasteiger partial charge in [-0.15, -0.1) is 11.8 Å². The van der Waals surface area contributed by atoms with E-state index in [1.807, 2.05) is 25.2 Å². The average molecular weight is 265 g/mol.